The lowest BCUT2D eigenvalue weighted by atomic mass is 10.2. The predicted octanol–water partition coefficient (Wildman–Crippen LogP) is 2.50. The van der Waals surface area contributed by atoms with Crippen LogP contribution in [0.25, 0.3) is 0 Å². The second kappa shape index (κ2) is 6.18. The van der Waals surface area contributed by atoms with E-state index in [0.717, 1.165) is 23.6 Å². The highest BCUT2D eigenvalue weighted by molar-refractivity contribution is 5.36. The van der Waals surface area contributed by atoms with E-state index in [2.05, 4.69) is 15.3 Å². The number of aromatic nitrogens is 2. The molecule has 110 valence electrons. The molecule has 0 saturated heterocycles. The number of benzene rings is 1. The van der Waals surface area contributed by atoms with Crippen LogP contribution in [0.3, 0.4) is 0 Å². The van der Waals surface area contributed by atoms with Crippen molar-refractivity contribution in [3.05, 3.63) is 53.7 Å². The summed E-state index contributed by atoms with van der Waals surface area (Å²) in [6.45, 7) is 1.45. The summed E-state index contributed by atoms with van der Waals surface area (Å²) in [5, 5.41) is 3.42. The number of hydrogen-bond acceptors (Lipinski definition) is 4. The summed E-state index contributed by atoms with van der Waals surface area (Å²) in [7, 11) is 1.95. The van der Waals surface area contributed by atoms with Gasteiger partial charge in [-0.1, -0.05) is 12.1 Å². The van der Waals surface area contributed by atoms with Gasteiger partial charge >= 0.3 is 0 Å². The van der Waals surface area contributed by atoms with Gasteiger partial charge in [-0.2, -0.15) is 0 Å². The highest BCUT2D eigenvalue weighted by atomic mass is 19.1. The lowest BCUT2D eigenvalue weighted by Gasteiger charge is -2.18. The van der Waals surface area contributed by atoms with Crippen molar-refractivity contribution in [3.63, 3.8) is 0 Å². The van der Waals surface area contributed by atoms with Crippen LogP contribution in [-0.4, -0.2) is 23.1 Å². The number of halogens is 1. The molecule has 2 aromatic rings. The quantitative estimate of drug-likeness (QED) is 0.886. The maximum absolute atomic E-state index is 12.9. The van der Waals surface area contributed by atoms with Gasteiger partial charge in [0, 0.05) is 26.2 Å². The summed E-state index contributed by atoms with van der Waals surface area (Å²) in [5.41, 5.74) is 2.00. The number of nitrogens with one attached hydrogen (secondary N) is 1. The van der Waals surface area contributed by atoms with Crippen molar-refractivity contribution in [2.24, 2.45) is 0 Å². The van der Waals surface area contributed by atoms with Crippen molar-refractivity contribution >= 4 is 5.82 Å². The Morgan fingerprint density at radius 1 is 1.19 bits per heavy atom. The van der Waals surface area contributed by atoms with Crippen molar-refractivity contribution in [2.45, 2.75) is 32.0 Å². The van der Waals surface area contributed by atoms with Gasteiger partial charge in [0.1, 0.15) is 11.6 Å². The minimum absolute atomic E-state index is 0.214. The van der Waals surface area contributed by atoms with Gasteiger partial charge in [0.25, 0.3) is 0 Å². The van der Waals surface area contributed by atoms with E-state index in [4.69, 9.17) is 0 Å². The minimum atomic E-state index is -0.214. The lowest BCUT2D eigenvalue weighted by molar-refractivity contribution is 0.627. The highest BCUT2D eigenvalue weighted by Gasteiger charge is 2.20. The van der Waals surface area contributed by atoms with Crippen LogP contribution in [0.5, 0.6) is 0 Å². The molecule has 0 bridgehead atoms. The van der Waals surface area contributed by atoms with Gasteiger partial charge in [0.2, 0.25) is 0 Å². The van der Waals surface area contributed by atoms with E-state index in [1.807, 2.05) is 18.1 Å². The third-order valence-corrected chi connectivity index (χ3v) is 3.56. The average molecular weight is 286 g/mol. The molecule has 5 heteroatoms. The largest absolute Gasteiger partial charge is 0.354 e. The van der Waals surface area contributed by atoms with Crippen LogP contribution in [0.2, 0.25) is 0 Å². The second-order valence-electron chi connectivity index (χ2n) is 5.50. The van der Waals surface area contributed by atoms with E-state index in [1.165, 1.54) is 25.0 Å². The van der Waals surface area contributed by atoms with Gasteiger partial charge in [-0.25, -0.2) is 9.37 Å². The monoisotopic (exact) mass is 286 g/mol. The van der Waals surface area contributed by atoms with E-state index < -0.39 is 0 Å². The van der Waals surface area contributed by atoms with E-state index in [1.54, 1.807) is 18.3 Å². The van der Waals surface area contributed by atoms with Crippen LogP contribution in [0, 0.1) is 5.82 Å². The Labute approximate surface area is 124 Å². The summed E-state index contributed by atoms with van der Waals surface area (Å²) >= 11 is 0. The van der Waals surface area contributed by atoms with Crippen LogP contribution >= 0.6 is 0 Å². The Hall–Kier alpha value is -2.01. The molecule has 1 heterocycles. The van der Waals surface area contributed by atoms with Gasteiger partial charge < -0.3 is 10.2 Å². The SMILES string of the molecule is CN(Cc1ccc(F)cc1)c1cnc(CNC2CC2)cn1. The van der Waals surface area contributed by atoms with E-state index in [0.29, 0.717) is 12.6 Å². The molecule has 1 aromatic heterocycles. The molecule has 1 saturated carbocycles. The molecule has 1 N–H and O–H groups in total. The number of nitrogens with zero attached hydrogens (tertiary/aromatic N) is 3. The smallest absolute Gasteiger partial charge is 0.147 e. The molecule has 0 amide bonds. The third kappa shape index (κ3) is 3.98. The first kappa shape index (κ1) is 13.9. The van der Waals surface area contributed by atoms with Gasteiger partial charge in [-0.15, -0.1) is 0 Å². The van der Waals surface area contributed by atoms with Crippen LogP contribution in [0.4, 0.5) is 10.2 Å². The molecule has 0 unspecified atom stereocenters. The van der Waals surface area contributed by atoms with Crippen molar-refractivity contribution in [1.82, 2.24) is 15.3 Å². The van der Waals surface area contributed by atoms with E-state index >= 15 is 0 Å². The predicted molar refractivity (Wildman–Crippen MR) is 80.4 cm³/mol. The van der Waals surface area contributed by atoms with E-state index in [9.17, 15) is 4.39 Å². The molecular weight excluding hydrogens is 267 g/mol. The molecule has 21 heavy (non-hydrogen) atoms. The molecule has 4 nitrogen and oxygen atoms in total. The van der Waals surface area contributed by atoms with E-state index in [-0.39, 0.29) is 5.82 Å². The first-order valence-electron chi connectivity index (χ1n) is 7.20. The zero-order valence-corrected chi connectivity index (χ0v) is 12.1. The molecule has 1 aliphatic carbocycles. The fourth-order valence-corrected chi connectivity index (χ4v) is 2.12. The van der Waals surface area contributed by atoms with Crippen LogP contribution < -0.4 is 10.2 Å². The second-order valence-corrected chi connectivity index (χ2v) is 5.50. The van der Waals surface area contributed by atoms with Crippen LogP contribution in [0.15, 0.2) is 36.7 Å². The molecule has 0 aliphatic heterocycles. The van der Waals surface area contributed by atoms with Crippen molar-refractivity contribution in [1.29, 1.82) is 0 Å². The lowest BCUT2D eigenvalue weighted by Crippen LogP contribution is -2.19. The van der Waals surface area contributed by atoms with Crippen molar-refractivity contribution < 1.29 is 4.39 Å². The van der Waals surface area contributed by atoms with Crippen molar-refractivity contribution in [2.75, 3.05) is 11.9 Å². The maximum Gasteiger partial charge on any atom is 0.147 e. The molecule has 0 radical (unpaired) electrons. The Balaban J connectivity index is 1.58. The van der Waals surface area contributed by atoms with Gasteiger partial charge in [0.05, 0.1) is 18.1 Å². The highest BCUT2D eigenvalue weighted by Crippen LogP contribution is 2.19. The summed E-state index contributed by atoms with van der Waals surface area (Å²) in [6.07, 6.45) is 6.14. The Kier molecular flexibility index (Phi) is 4.10. The molecular formula is C16H19FN4. The molecule has 0 spiro atoms. The summed E-state index contributed by atoms with van der Waals surface area (Å²) in [5.74, 6) is 0.600. The van der Waals surface area contributed by atoms with Gasteiger partial charge in [0.15, 0.2) is 0 Å². The molecule has 1 aromatic carbocycles. The first-order chi connectivity index (χ1) is 10.2. The summed E-state index contributed by atoms with van der Waals surface area (Å²) in [4.78, 5) is 10.9. The van der Waals surface area contributed by atoms with Crippen molar-refractivity contribution in [3.8, 4) is 0 Å². The number of hydrogen-bond donors (Lipinski definition) is 1. The van der Waals surface area contributed by atoms with Gasteiger partial charge in [-0.05, 0) is 30.5 Å². The fourth-order valence-electron chi connectivity index (χ4n) is 2.12. The van der Waals surface area contributed by atoms with Crippen LogP contribution in [-0.2, 0) is 13.1 Å². The normalized spacial score (nSPS) is 14.2. The number of anilines is 1. The van der Waals surface area contributed by atoms with Crippen LogP contribution in [0.1, 0.15) is 24.1 Å². The number of rotatable bonds is 6. The maximum atomic E-state index is 12.9. The fraction of sp³-hybridized carbons (Fsp3) is 0.375. The average Bonchev–Trinajstić information content (AvgIpc) is 3.32. The summed E-state index contributed by atoms with van der Waals surface area (Å²) in [6, 6.07) is 7.19. The summed E-state index contributed by atoms with van der Waals surface area (Å²) < 4.78 is 12.9. The standard InChI is InChI=1S/C16H19FN4/c1-21(11-12-2-4-13(17)5-3-12)16-10-19-15(9-20-16)8-18-14-6-7-14/h2-5,9-10,14,18H,6-8,11H2,1H3. The Bertz CT molecular complexity index is 578. The zero-order valence-electron chi connectivity index (χ0n) is 12.1. The molecule has 3 rings (SSSR count). The van der Waals surface area contributed by atoms with Gasteiger partial charge in [-0.3, -0.25) is 4.98 Å². The zero-order chi connectivity index (χ0) is 14.7. The molecule has 0 atom stereocenters. The topological polar surface area (TPSA) is 41.1 Å². The minimum Gasteiger partial charge on any atom is -0.354 e. The third-order valence-electron chi connectivity index (χ3n) is 3.56. The Morgan fingerprint density at radius 2 is 1.95 bits per heavy atom. The molecule has 1 fully saturated rings. The first-order valence-corrected chi connectivity index (χ1v) is 7.20. The molecule has 1 aliphatic rings. The Morgan fingerprint density at radius 3 is 2.57 bits per heavy atom.